The molecule has 0 saturated carbocycles. The molecule has 0 unspecified atom stereocenters. The van der Waals surface area contributed by atoms with Crippen molar-refractivity contribution in [2.75, 3.05) is 13.7 Å². The summed E-state index contributed by atoms with van der Waals surface area (Å²) in [5.41, 5.74) is 4.05. The molecule has 41 heavy (non-hydrogen) atoms. The van der Waals surface area contributed by atoms with Gasteiger partial charge in [-0.2, -0.15) is 0 Å². The zero-order valence-corrected chi connectivity index (χ0v) is 25.4. The number of ether oxygens (including phenoxy) is 2. The Bertz CT molecular complexity index is 1500. The molecule has 5 rings (SSSR count). The second-order valence-electron chi connectivity index (χ2n) is 13.0. The molecule has 0 saturated heterocycles. The zero-order valence-electron chi connectivity index (χ0n) is 25.4. The van der Waals surface area contributed by atoms with Gasteiger partial charge in [0.1, 0.15) is 17.3 Å². The van der Waals surface area contributed by atoms with E-state index in [2.05, 4.69) is 18.8 Å². The highest BCUT2D eigenvalue weighted by Crippen LogP contribution is 2.54. The third kappa shape index (κ3) is 4.71. The maximum Gasteiger partial charge on any atom is 0.354 e. The summed E-state index contributed by atoms with van der Waals surface area (Å²) in [6, 6.07) is 3.62. The van der Waals surface area contributed by atoms with Crippen LogP contribution >= 0.6 is 0 Å². The van der Waals surface area contributed by atoms with E-state index in [0.717, 1.165) is 22.5 Å². The Morgan fingerprint density at radius 1 is 1.05 bits per heavy atom. The van der Waals surface area contributed by atoms with Gasteiger partial charge in [-0.3, -0.25) is 9.59 Å². The molecule has 0 fully saturated rings. The number of carbonyl (C=O) groups is 3. The van der Waals surface area contributed by atoms with E-state index < -0.39 is 17.4 Å². The van der Waals surface area contributed by atoms with Crippen molar-refractivity contribution in [3.8, 4) is 0 Å². The largest absolute Gasteiger partial charge is 0.501 e. The van der Waals surface area contributed by atoms with Crippen LogP contribution in [0.5, 0.6) is 0 Å². The van der Waals surface area contributed by atoms with Gasteiger partial charge in [-0.1, -0.05) is 19.9 Å². The molecule has 8 heteroatoms. The number of rotatable bonds is 5. The summed E-state index contributed by atoms with van der Waals surface area (Å²) in [4.78, 5) is 46.5. The summed E-state index contributed by atoms with van der Waals surface area (Å²) in [6.07, 6.45) is 2.63. The van der Waals surface area contributed by atoms with E-state index in [9.17, 15) is 19.5 Å². The fourth-order valence-corrected chi connectivity index (χ4v) is 7.10. The topological polar surface area (TPSA) is 106 Å². The van der Waals surface area contributed by atoms with Gasteiger partial charge in [0.05, 0.1) is 24.3 Å². The van der Waals surface area contributed by atoms with Crippen LogP contribution in [0.1, 0.15) is 95.4 Å². The number of carboxylic acids is 1. The molecule has 0 spiro atoms. The third-order valence-electron chi connectivity index (χ3n) is 9.02. The molecular formula is C33H40N2O6. The van der Waals surface area contributed by atoms with Crippen molar-refractivity contribution in [1.82, 2.24) is 9.88 Å². The molecule has 1 N–H and O–H groups in total. The lowest BCUT2D eigenvalue weighted by Crippen LogP contribution is -2.54. The van der Waals surface area contributed by atoms with Gasteiger partial charge in [-0.15, -0.1) is 0 Å². The van der Waals surface area contributed by atoms with Crippen molar-refractivity contribution >= 4 is 23.2 Å². The number of aryl methyl sites for hydroxylation is 1. The van der Waals surface area contributed by atoms with Crippen LogP contribution in [0, 0.1) is 18.3 Å². The lowest BCUT2D eigenvalue weighted by Gasteiger charge is -2.48. The lowest BCUT2D eigenvalue weighted by molar-refractivity contribution is -0.135. The molecule has 1 amide bonds. The molecule has 1 aromatic heterocycles. The molecule has 0 bridgehead atoms. The minimum Gasteiger partial charge on any atom is -0.501 e. The highest BCUT2D eigenvalue weighted by Gasteiger charge is 2.51. The number of ketones is 1. The van der Waals surface area contributed by atoms with Crippen LogP contribution < -0.4 is 0 Å². The van der Waals surface area contributed by atoms with Gasteiger partial charge < -0.3 is 19.5 Å². The van der Waals surface area contributed by atoms with Crippen LogP contribution in [0.3, 0.4) is 0 Å². The van der Waals surface area contributed by atoms with E-state index >= 15 is 0 Å². The first-order chi connectivity index (χ1) is 19.2. The molecule has 3 heterocycles. The van der Waals surface area contributed by atoms with Crippen LogP contribution in [0.15, 0.2) is 51.7 Å². The number of amides is 1. The number of carboxylic acid groups (broad SMARTS) is 1. The van der Waals surface area contributed by atoms with E-state index in [4.69, 9.17) is 9.47 Å². The van der Waals surface area contributed by atoms with Crippen LogP contribution in [-0.4, -0.2) is 51.8 Å². The fourth-order valence-electron chi connectivity index (χ4n) is 7.10. The Hall–Kier alpha value is -3.68. The number of aromatic nitrogens is 1. The van der Waals surface area contributed by atoms with E-state index in [-0.39, 0.29) is 22.8 Å². The Balaban J connectivity index is 1.77. The summed E-state index contributed by atoms with van der Waals surface area (Å²) in [5.74, 6) is 0.142. The number of pyridine rings is 1. The van der Waals surface area contributed by atoms with Crippen LogP contribution in [0.4, 0.5) is 0 Å². The minimum atomic E-state index is -1.08. The molecule has 4 aliphatic rings. The van der Waals surface area contributed by atoms with E-state index in [1.807, 2.05) is 38.7 Å². The van der Waals surface area contributed by atoms with Crippen molar-refractivity contribution in [3.05, 3.63) is 68.7 Å². The fraction of sp³-hybridized carbons (Fsp3) is 0.515. The van der Waals surface area contributed by atoms with Crippen LogP contribution in [-0.2, 0) is 19.1 Å². The van der Waals surface area contributed by atoms with Gasteiger partial charge >= 0.3 is 5.97 Å². The molecule has 0 radical (unpaired) electrons. The number of allylic oxidation sites excluding steroid dienone is 6. The van der Waals surface area contributed by atoms with Gasteiger partial charge in [0.25, 0.3) is 5.91 Å². The quantitative estimate of drug-likeness (QED) is 0.462. The number of carbonyl (C=O) groups excluding carboxylic acids is 2. The average Bonchev–Trinajstić information content (AvgIpc) is 2.86. The zero-order chi connectivity index (χ0) is 30.0. The molecule has 1 atom stereocenters. The van der Waals surface area contributed by atoms with Crippen molar-refractivity contribution in [2.24, 2.45) is 11.3 Å². The molecule has 1 aromatic rings. The smallest absolute Gasteiger partial charge is 0.354 e. The number of methoxy groups -OCH3 is 1. The molecule has 2 aliphatic carbocycles. The summed E-state index contributed by atoms with van der Waals surface area (Å²) in [5, 5.41) is 9.73. The number of hydrogen-bond donors (Lipinski definition) is 1. The first-order valence-electron chi connectivity index (χ1n) is 14.4. The number of likely N-dealkylation sites (N-methyl/N-ethyl adjacent to an activating group) is 1. The van der Waals surface area contributed by atoms with Gasteiger partial charge in [0.2, 0.25) is 0 Å². The monoisotopic (exact) mass is 560 g/mol. The predicted octanol–water partition coefficient (Wildman–Crippen LogP) is 6.13. The summed E-state index contributed by atoms with van der Waals surface area (Å²) in [6.45, 7) is 14.4. The van der Waals surface area contributed by atoms with E-state index in [0.29, 0.717) is 72.6 Å². The SMILES string of the molecule is CCN1C(=O)C2=C(CC1(C)C)OC1=C(C(=O)CC(C)(C)C1)[C@@H]2C1=C(OC)CCC(c2ccc(C)c(C(=O)O)n2)=C1C. The molecular weight excluding hydrogens is 520 g/mol. The second-order valence-corrected chi connectivity index (χ2v) is 13.0. The second kappa shape index (κ2) is 10.00. The Morgan fingerprint density at radius 2 is 1.73 bits per heavy atom. The molecule has 218 valence electrons. The summed E-state index contributed by atoms with van der Waals surface area (Å²) in [7, 11) is 1.63. The minimum absolute atomic E-state index is 0.0138. The maximum atomic E-state index is 14.3. The molecule has 0 aromatic carbocycles. The Morgan fingerprint density at radius 3 is 2.37 bits per heavy atom. The Kier molecular flexibility index (Phi) is 7.03. The van der Waals surface area contributed by atoms with Crippen LogP contribution in [0.25, 0.3) is 5.57 Å². The van der Waals surface area contributed by atoms with Gasteiger partial charge in [0, 0.05) is 48.9 Å². The van der Waals surface area contributed by atoms with Gasteiger partial charge in [-0.05, 0) is 69.2 Å². The molecule has 2 aliphatic heterocycles. The first kappa shape index (κ1) is 28.8. The number of aromatic carboxylic acids is 1. The lowest BCUT2D eigenvalue weighted by atomic mass is 9.66. The number of Topliss-reactive ketones (excluding diaryl/α,β-unsaturated/α-hetero) is 1. The first-order valence-corrected chi connectivity index (χ1v) is 14.4. The Labute approximate surface area is 241 Å². The van der Waals surface area contributed by atoms with Crippen molar-refractivity contribution in [3.63, 3.8) is 0 Å². The number of nitrogens with zero attached hydrogens (tertiary/aromatic N) is 2. The average molecular weight is 561 g/mol. The highest BCUT2D eigenvalue weighted by atomic mass is 16.5. The molecule has 8 nitrogen and oxygen atoms in total. The normalized spacial score (nSPS) is 23.9. The van der Waals surface area contributed by atoms with E-state index in [1.165, 1.54) is 0 Å². The number of hydrogen-bond acceptors (Lipinski definition) is 6. The van der Waals surface area contributed by atoms with Crippen molar-refractivity contribution in [1.29, 1.82) is 0 Å². The van der Waals surface area contributed by atoms with E-state index in [1.54, 1.807) is 20.1 Å². The van der Waals surface area contributed by atoms with Crippen molar-refractivity contribution in [2.45, 2.75) is 86.1 Å². The predicted molar refractivity (Wildman–Crippen MR) is 155 cm³/mol. The summed E-state index contributed by atoms with van der Waals surface area (Å²) >= 11 is 0. The van der Waals surface area contributed by atoms with Crippen molar-refractivity contribution < 1.29 is 29.0 Å². The summed E-state index contributed by atoms with van der Waals surface area (Å²) < 4.78 is 12.5. The van der Waals surface area contributed by atoms with Gasteiger partial charge in [-0.25, -0.2) is 9.78 Å². The highest BCUT2D eigenvalue weighted by molar-refractivity contribution is 6.05. The van der Waals surface area contributed by atoms with Gasteiger partial charge in [0.15, 0.2) is 11.5 Å². The standard InChI is InChI=1S/C33H40N2O6/c1-9-35-30(37)27-24(16-33(35,6)7)41-23-15-32(4,5)14-21(36)26(23)28(27)25-18(3)19(11-13-22(25)40-8)20-12-10-17(2)29(34-20)31(38)39/h10,12,28H,9,11,13-16H2,1-8H3,(H,38,39)/t28-/m0/s1. The maximum absolute atomic E-state index is 14.3. The third-order valence-corrected chi connectivity index (χ3v) is 9.02. The van der Waals surface area contributed by atoms with Crippen LogP contribution in [0.2, 0.25) is 0 Å².